The van der Waals surface area contributed by atoms with Crippen molar-refractivity contribution in [3.63, 3.8) is 0 Å². The zero-order valence-electron chi connectivity index (χ0n) is 9.54. The summed E-state index contributed by atoms with van der Waals surface area (Å²) < 4.78 is 0. The highest BCUT2D eigenvalue weighted by molar-refractivity contribution is 4.81. The van der Waals surface area contributed by atoms with Crippen LogP contribution in [0.4, 0.5) is 0 Å². The van der Waals surface area contributed by atoms with Gasteiger partial charge in [-0.25, -0.2) is 5.32 Å². The smallest absolute Gasteiger partial charge is 0.0133 e. The van der Waals surface area contributed by atoms with Gasteiger partial charge in [-0.05, 0) is 49.9 Å². The van der Waals surface area contributed by atoms with Gasteiger partial charge in [0, 0.05) is 13.1 Å². The van der Waals surface area contributed by atoms with Crippen molar-refractivity contribution in [1.82, 2.24) is 5.32 Å². The van der Waals surface area contributed by atoms with Gasteiger partial charge in [-0.3, -0.25) is 0 Å². The molecular formula is C13H24N. The lowest BCUT2D eigenvalue weighted by Gasteiger charge is -2.28. The Balaban J connectivity index is 1.86. The van der Waals surface area contributed by atoms with Crippen LogP contribution in [-0.2, 0) is 0 Å². The molecule has 1 heterocycles. The largest absolute Gasteiger partial charge is 0.242 e. The van der Waals surface area contributed by atoms with Crippen LogP contribution in [0.15, 0.2) is 0 Å². The second-order valence-electron chi connectivity index (χ2n) is 5.29. The maximum atomic E-state index is 4.51. The van der Waals surface area contributed by atoms with Gasteiger partial charge in [-0.15, -0.1) is 0 Å². The van der Waals surface area contributed by atoms with Crippen LogP contribution in [-0.4, -0.2) is 13.1 Å². The second kappa shape index (κ2) is 5.16. The summed E-state index contributed by atoms with van der Waals surface area (Å²) in [5.74, 6) is 3.12. The van der Waals surface area contributed by atoms with Gasteiger partial charge >= 0.3 is 0 Å². The molecule has 1 aliphatic carbocycles. The maximum absolute atomic E-state index is 4.51. The van der Waals surface area contributed by atoms with Crippen LogP contribution in [0.2, 0.25) is 0 Å². The average Bonchev–Trinajstić information content (AvgIpc) is 2.51. The van der Waals surface area contributed by atoms with Crippen molar-refractivity contribution in [1.29, 1.82) is 0 Å². The molecule has 0 aromatic carbocycles. The van der Waals surface area contributed by atoms with E-state index in [-0.39, 0.29) is 0 Å². The monoisotopic (exact) mass is 194 g/mol. The lowest BCUT2D eigenvalue weighted by Crippen LogP contribution is -2.22. The molecule has 2 atom stereocenters. The summed E-state index contributed by atoms with van der Waals surface area (Å²) in [6.07, 6.45) is 10.1. The first-order chi connectivity index (χ1) is 6.88. The lowest BCUT2D eigenvalue weighted by molar-refractivity contribution is 0.228. The molecule has 1 saturated carbocycles. The molecule has 1 saturated heterocycles. The van der Waals surface area contributed by atoms with E-state index in [0.717, 1.165) is 30.8 Å². The van der Waals surface area contributed by atoms with Crippen molar-refractivity contribution >= 4 is 0 Å². The van der Waals surface area contributed by atoms with E-state index in [1.807, 2.05) is 0 Å². The first kappa shape index (κ1) is 10.5. The molecule has 2 unspecified atom stereocenters. The third kappa shape index (κ3) is 2.50. The standard InChI is InChI=1S/C13H24N/c1-11-5-2-8-13(11)12-6-3-9-14-10-4-7-12/h11-13H,2-10H2,1H3. The minimum absolute atomic E-state index is 1.01. The zero-order valence-corrected chi connectivity index (χ0v) is 9.54. The number of rotatable bonds is 1. The maximum Gasteiger partial charge on any atom is 0.0133 e. The number of hydrogen-bond acceptors (Lipinski definition) is 0. The van der Waals surface area contributed by atoms with Crippen molar-refractivity contribution in [2.45, 2.75) is 51.9 Å². The van der Waals surface area contributed by atoms with Gasteiger partial charge in [0.05, 0.1) is 0 Å². The van der Waals surface area contributed by atoms with E-state index in [0.29, 0.717) is 0 Å². The van der Waals surface area contributed by atoms with Crippen molar-refractivity contribution in [3.8, 4) is 0 Å². The molecule has 0 aromatic rings. The molecule has 0 bridgehead atoms. The Labute approximate surface area is 88.7 Å². The highest BCUT2D eigenvalue weighted by atomic mass is 14.8. The van der Waals surface area contributed by atoms with Crippen LogP contribution in [0.1, 0.15) is 51.9 Å². The highest BCUT2D eigenvalue weighted by Gasteiger charge is 2.30. The fourth-order valence-electron chi connectivity index (χ4n) is 3.49. The minimum atomic E-state index is 1.01. The molecule has 0 spiro atoms. The van der Waals surface area contributed by atoms with Crippen molar-refractivity contribution in [2.75, 3.05) is 13.1 Å². The Morgan fingerprint density at radius 1 is 0.857 bits per heavy atom. The van der Waals surface area contributed by atoms with E-state index in [1.165, 1.54) is 44.9 Å². The summed E-state index contributed by atoms with van der Waals surface area (Å²) >= 11 is 0. The predicted octanol–water partition coefficient (Wildman–Crippen LogP) is 3.22. The predicted molar refractivity (Wildman–Crippen MR) is 60.3 cm³/mol. The lowest BCUT2D eigenvalue weighted by atomic mass is 9.79. The molecular weight excluding hydrogens is 170 g/mol. The Hall–Kier alpha value is -0.0400. The summed E-state index contributed by atoms with van der Waals surface area (Å²) in [5.41, 5.74) is 0. The molecule has 14 heavy (non-hydrogen) atoms. The van der Waals surface area contributed by atoms with Gasteiger partial charge in [-0.1, -0.05) is 19.8 Å². The molecule has 1 nitrogen and oxygen atoms in total. The van der Waals surface area contributed by atoms with Gasteiger partial charge in [0.1, 0.15) is 0 Å². The molecule has 0 N–H and O–H groups in total. The first-order valence-corrected chi connectivity index (χ1v) is 6.51. The topological polar surface area (TPSA) is 14.1 Å². The van der Waals surface area contributed by atoms with Crippen LogP contribution in [0.3, 0.4) is 0 Å². The number of nitrogens with zero attached hydrogens (tertiary/aromatic N) is 1. The minimum Gasteiger partial charge on any atom is -0.242 e. The quantitative estimate of drug-likeness (QED) is 0.608. The van der Waals surface area contributed by atoms with E-state index >= 15 is 0 Å². The normalized spacial score (nSPS) is 36.6. The molecule has 2 rings (SSSR count). The Kier molecular flexibility index (Phi) is 3.86. The van der Waals surface area contributed by atoms with Gasteiger partial charge < -0.3 is 0 Å². The van der Waals surface area contributed by atoms with Crippen LogP contribution in [0.25, 0.3) is 0 Å². The third-order valence-corrected chi connectivity index (χ3v) is 4.32. The third-order valence-electron chi connectivity index (χ3n) is 4.32. The molecule has 0 aromatic heterocycles. The SMILES string of the molecule is CC1CCCC1C1CCC[N]CCC1. The summed E-state index contributed by atoms with van der Waals surface area (Å²) in [7, 11) is 0. The summed E-state index contributed by atoms with van der Waals surface area (Å²) in [6.45, 7) is 4.75. The Morgan fingerprint density at radius 2 is 1.57 bits per heavy atom. The highest BCUT2D eigenvalue weighted by Crippen LogP contribution is 2.40. The molecule has 1 radical (unpaired) electrons. The van der Waals surface area contributed by atoms with Crippen LogP contribution in [0.5, 0.6) is 0 Å². The Morgan fingerprint density at radius 3 is 2.14 bits per heavy atom. The zero-order chi connectivity index (χ0) is 9.80. The van der Waals surface area contributed by atoms with E-state index in [4.69, 9.17) is 0 Å². The summed E-state index contributed by atoms with van der Waals surface area (Å²) in [4.78, 5) is 0. The average molecular weight is 194 g/mol. The van der Waals surface area contributed by atoms with Gasteiger partial charge in [-0.2, -0.15) is 0 Å². The van der Waals surface area contributed by atoms with Crippen molar-refractivity contribution in [3.05, 3.63) is 0 Å². The van der Waals surface area contributed by atoms with E-state index in [2.05, 4.69) is 12.2 Å². The molecule has 2 aliphatic rings. The fourth-order valence-corrected chi connectivity index (χ4v) is 3.49. The van der Waals surface area contributed by atoms with Gasteiger partial charge in [0.25, 0.3) is 0 Å². The molecule has 1 heteroatoms. The summed E-state index contributed by atoms with van der Waals surface area (Å²) in [6, 6.07) is 0. The van der Waals surface area contributed by atoms with E-state index < -0.39 is 0 Å². The van der Waals surface area contributed by atoms with E-state index in [9.17, 15) is 0 Å². The number of hydrogen-bond donors (Lipinski definition) is 0. The molecule has 81 valence electrons. The van der Waals surface area contributed by atoms with E-state index in [1.54, 1.807) is 0 Å². The second-order valence-corrected chi connectivity index (χ2v) is 5.29. The van der Waals surface area contributed by atoms with Crippen LogP contribution < -0.4 is 5.32 Å². The van der Waals surface area contributed by atoms with Crippen molar-refractivity contribution in [2.24, 2.45) is 17.8 Å². The van der Waals surface area contributed by atoms with Gasteiger partial charge in [0.2, 0.25) is 0 Å². The molecule has 0 amide bonds. The van der Waals surface area contributed by atoms with Crippen LogP contribution >= 0.6 is 0 Å². The Bertz CT molecular complexity index is 159. The van der Waals surface area contributed by atoms with Crippen LogP contribution in [0, 0.1) is 17.8 Å². The molecule has 1 aliphatic heterocycles. The van der Waals surface area contributed by atoms with Crippen molar-refractivity contribution < 1.29 is 0 Å². The van der Waals surface area contributed by atoms with Gasteiger partial charge in [0.15, 0.2) is 0 Å². The first-order valence-electron chi connectivity index (χ1n) is 6.51. The molecule has 2 fully saturated rings. The fraction of sp³-hybridized carbons (Fsp3) is 1.00. The summed E-state index contributed by atoms with van der Waals surface area (Å²) in [5, 5.41) is 4.51.